The van der Waals surface area contributed by atoms with Crippen LogP contribution in [0.1, 0.15) is 80.1 Å². The molecular formula is C66H37Br16F8O27S3-3. The first-order chi connectivity index (χ1) is 55.0. The molecular weight excluding hydrogens is 2750 g/mol. The van der Waals surface area contributed by atoms with Crippen LogP contribution in [0.4, 0.5) is 35.1 Å². The molecule has 7 aromatic rings. The second-order valence-corrected chi connectivity index (χ2v) is 41.4. The average molecular weight is 2790 g/mol. The van der Waals surface area contributed by atoms with Crippen molar-refractivity contribution in [2.24, 2.45) is 5.41 Å². The van der Waals surface area contributed by atoms with Crippen LogP contribution in [0, 0.1) is 5.41 Å². The molecule has 0 heterocycles. The highest BCUT2D eigenvalue weighted by Gasteiger charge is 2.57. The molecule has 54 heteroatoms. The quantitative estimate of drug-likeness (QED) is 0.0115. The Morgan fingerprint density at radius 1 is 0.375 bits per heavy atom. The maximum Gasteiger partial charge on any atom is 0.426 e. The van der Waals surface area contributed by atoms with Crippen molar-refractivity contribution in [3.8, 4) is 28.7 Å². The zero-order chi connectivity index (χ0) is 91.4. The first-order valence-electron chi connectivity index (χ1n) is 30.8. The van der Waals surface area contributed by atoms with Crippen molar-refractivity contribution in [2.45, 2.75) is 75.6 Å². The summed E-state index contributed by atoms with van der Waals surface area (Å²) >= 11 is 51.4. The monoisotopic (exact) mass is 2770 g/mol. The molecule has 0 aromatic heterocycles. The Morgan fingerprint density at radius 2 is 0.658 bits per heavy atom. The SMILES string of the molecule is CC(C(=O)Oc1c(Br)cc(Br)cc1Br)(C(=O)Oc1c(Br)cc(Br)cc1Br)C(=O)OC(CS(=O)(=O)[O-])C(F)(F)F.CC(OC(=O)c1cc(C(=O)Oc2c(Br)cc(Br)cc2Br)c(C(=O)Oc2c(Br)cc(Br)cc2Br)cc1C(=O)Oc1c(Br)cc(Br)cc1Br)C(F)(F)S(=O)(=O)[O-].O=C(CCCC(=O)OC(CS(=O)(=O)[O-])C(F)(F)F)OCc1ccccc1Br. The number of hydrogen-bond acceptors (Lipinski definition) is 27. The summed E-state index contributed by atoms with van der Waals surface area (Å²) in [5, 5.41) is -5.13. The molecule has 7 rings (SSSR count). The van der Waals surface area contributed by atoms with E-state index in [1.807, 2.05) is 0 Å². The minimum Gasteiger partial charge on any atom is -0.748 e. The number of carbonyl (C=O) groups is 9. The fraction of sp³-hybridized carbons (Fsp3) is 0.227. The number of alkyl halides is 8. The number of ether oxygens (including phenoxy) is 9. The van der Waals surface area contributed by atoms with Gasteiger partial charge in [0, 0.05) is 45.2 Å². The van der Waals surface area contributed by atoms with E-state index < -0.39 is 166 Å². The van der Waals surface area contributed by atoms with Gasteiger partial charge in [0.25, 0.3) is 5.41 Å². The summed E-state index contributed by atoms with van der Waals surface area (Å²) in [6.45, 7) is 0.946. The van der Waals surface area contributed by atoms with Crippen molar-refractivity contribution >= 4 is 339 Å². The highest BCUT2D eigenvalue weighted by Crippen LogP contribution is 2.45. The summed E-state index contributed by atoms with van der Waals surface area (Å²) < 4.78 is 255. The lowest BCUT2D eigenvalue weighted by atomic mass is 9.90. The summed E-state index contributed by atoms with van der Waals surface area (Å²) in [7, 11) is -17.2. The maximum absolute atomic E-state index is 14.4. The Kier molecular flexibility index (Phi) is 40.2. The van der Waals surface area contributed by atoms with Crippen LogP contribution < -0.4 is 23.7 Å². The smallest absolute Gasteiger partial charge is 0.426 e. The van der Waals surface area contributed by atoms with E-state index in [9.17, 15) is 117 Å². The third-order valence-electron chi connectivity index (χ3n) is 14.2. The molecule has 652 valence electrons. The molecule has 0 spiro atoms. The number of benzene rings is 7. The van der Waals surface area contributed by atoms with Gasteiger partial charge in [0.1, 0.15) is 6.61 Å². The van der Waals surface area contributed by atoms with Gasteiger partial charge in [0.15, 0.2) is 45.0 Å². The lowest BCUT2D eigenvalue weighted by Gasteiger charge is -2.28. The van der Waals surface area contributed by atoms with Gasteiger partial charge in [0.05, 0.1) is 98.7 Å². The van der Waals surface area contributed by atoms with Gasteiger partial charge in [-0.05, 0) is 258 Å². The second kappa shape index (κ2) is 45.1. The van der Waals surface area contributed by atoms with Crippen LogP contribution in [-0.4, -0.2) is 140 Å². The molecule has 0 saturated carbocycles. The van der Waals surface area contributed by atoms with Crippen molar-refractivity contribution < 1.29 is 160 Å². The normalized spacial score (nSPS) is 12.6. The van der Waals surface area contributed by atoms with Gasteiger partial charge in [-0.1, -0.05) is 114 Å². The number of carbonyl (C=O) groups excluding carboxylic acids is 9. The zero-order valence-electron chi connectivity index (χ0n) is 58.0. The van der Waals surface area contributed by atoms with Crippen molar-refractivity contribution in [1.82, 2.24) is 0 Å². The summed E-state index contributed by atoms with van der Waals surface area (Å²) in [4.78, 5) is 118. The van der Waals surface area contributed by atoms with Crippen molar-refractivity contribution in [2.75, 3.05) is 11.5 Å². The van der Waals surface area contributed by atoms with Gasteiger partial charge in [-0.3, -0.25) is 14.4 Å². The van der Waals surface area contributed by atoms with E-state index >= 15 is 0 Å². The molecule has 0 aliphatic rings. The molecule has 3 unspecified atom stereocenters. The summed E-state index contributed by atoms with van der Waals surface area (Å²) in [5.41, 5.74) is -5.88. The summed E-state index contributed by atoms with van der Waals surface area (Å²) in [5.74, 6) is -18.7. The number of rotatable bonds is 27. The number of hydrogen-bond donors (Lipinski definition) is 0. The van der Waals surface area contributed by atoms with E-state index in [2.05, 4.69) is 269 Å². The van der Waals surface area contributed by atoms with Gasteiger partial charge < -0.3 is 56.3 Å². The highest BCUT2D eigenvalue weighted by atomic mass is 79.9. The second-order valence-electron chi connectivity index (χ2n) is 23.1. The Labute approximate surface area is 806 Å². The summed E-state index contributed by atoms with van der Waals surface area (Å²) in [6.07, 6.45) is -21.2. The molecule has 0 saturated heterocycles. The summed E-state index contributed by atoms with van der Waals surface area (Å²) in [6, 6.07) is 23.0. The van der Waals surface area contributed by atoms with Crippen LogP contribution in [0.25, 0.3) is 0 Å². The topological polar surface area (TPSA) is 408 Å². The van der Waals surface area contributed by atoms with Gasteiger partial charge in [0.2, 0.25) is 12.2 Å². The first-order valence-corrected chi connectivity index (χ1v) is 48.1. The molecule has 0 fully saturated rings. The Hall–Kier alpha value is -3.38. The van der Waals surface area contributed by atoms with E-state index in [-0.39, 0.29) is 92.9 Å². The molecule has 0 radical (unpaired) electrons. The molecule has 0 amide bonds. The predicted molar refractivity (Wildman–Crippen MR) is 457 cm³/mol. The van der Waals surface area contributed by atoms with Gasteiger partial charge in [-0.2, -0.15) is 35.1 Å². The number of halogens is 24. The van der Waals surface area contributed by atoms with Crippen LogP contribution in [0.2, 0.25) is 0 Å². The Balaban J connectivity index is 0.000000341. The largest absolute Gasteiger partial charge is 0.748 e. The lowest BCUT2D eigenvalue weighted by molar-refractivity contribution is -0.222. The van der Waals surface area contributed by atoms with E-state index in [4.69, 9.17) is 28.4 Å². The van der Waals surface area contributed by atoms with Gasteiger partial charge >= 0.3 is 71.3 Å². The number of esters is 9. The van der Waals surface area contributed by atoms with E-state index in [0.29, 0.717) is 53.9 Å². The standard InChI is InChI=1S/C31H13Br9F2O11S.C20H11Br6F3O9S.C15H16BrF3O7S/c1-10(31(41,42)54(47,48)49)50-27(43)14-8-16(29(45)52-25-20(37)4-12(33)5-21(25)38)17(30(46)53-26-22(39)6-13(34)7-23(26)40)9-15(14)28(44)51-24-18(35)2-11(32)3-19(24)36;1-19(16(30)36-13(20(27,28)29)6-39(33,34)35,17(31)37-14-9(23)2-7(21)3-10(14)24)18(32)38-15-11(25)4-8(22)5-12(15)26;16-11-5-2-1-4-10(11)8-25-13(20)6-3-7-14(21)26-12(15(17,18)19)9-27(22,23)24/h2-10H,1H3,(H,47,48,49);2-5,13H,6H2,1H3,(H,33,34,35);1-2,4-5,12H,3,6-9H2,(H,22,23,24)/p-3. The molecule has 7 aromatic carbocycles. The maximum atomic E-state index is 14.4. The molecule has 0 aliphatic heterocycles. The van der Waals surface area contributed by atoms with E-state index in [0.717, 1.165) is 4.47 Å². The minimum atomic E-state index is -6.36. The van der Waals surface area contributed by atoms with Crippen LogP contribution >= 0.6 is 255 Å². The Morgan fingerprint density at radius 3 is 0.950 bits per heavy atom. The fourth-order valence-corrected chi connectivity index (χ4v) is 22.6. The van der Waals surface area contributed by atoms with Crippen molar-refractivity contribution in [3.63, 3.8) is 0 Å². The van der Waals surface area contributed by atoms with E-state index in [1.54, 1.807) is 24.3 Å². The fourth-order valence-electron chi connectivity index (χ4n) is 8.43. The molecule has 27 nitrogen and oxygen atoms in total. The molecule has 120 heavy (non-hydrogen) atoms. The predicted octanol–water partition coefficient (Wildman–Crippen LogP) is 21.4. The molecule has 3 atom stereocenters. The molecule has 0 aliphatic carbocycles. The van der Waals surface area contributed by atoms with Crippen molar-refractivity contribution in [1.29, 1.82) is 0 Å². The minimum absolute atomic E-state index is 0.0256. The van der Waals surface area contributed by atoms with Gasteiger partial charge in [-0.25, -0.2) is 54.0 Å². The van der Waals surface area contributed by atoms with Crippen LogP contribution in [-0.2, 0) is 79.9 Å². The molecule has 0 N–H and O–H groups in total. The van der Waals surface area contributed by atoms with E-state index in [1.165, 1.54) is 60.7 Å². The third-order valence-corrected chi connectivity index (χ3v) is 25.6. The third kappa shape index (κ3) is 31.2. The van der Waals surface area contributed by atoms with Crippen LogP contribution in [0.3, 0.4) is 0 Å². The van der Waals surface area contributed by atoms with Crippen LogP contribution in [0.15, 0.2) is 169 Å². The lowest BCUT2D eigenvalue weighted by Crippen LogP contribution is -2.52. The Bertz CT molecular complexity index is 5370. The van der Waals surface area contributed by atoms with Gasteiger partial charge in [-0.15, -0.1) is 0 Å². The average Bonchev–Trinajstić information content (AvgIpc) is 0.777. The highest BCUT2D eigenvalue weighted by molar-refractivity contribution is 9.13. The molecule has 0 bridgehead atoms. The van der Waals surface area contributed by atoms with Crippen molar-refractivity contribution in [3.05, 3.63) is 196 Å². The first kappa shape index (κ1) is 107. The van der Waals surface area contributed by atoms with Crippen LogP contribution in [0.5, 0.6) is 28.7 Å². The zero-order valence-corrected chi connectivity index (χ0v) is 85.9.